The number of nitrogens with zero attached hydrogens (tertiary/aromatic N) is 2. The number of carbonyl (C=O) groups excluding carboxylic acids is 2. The van der Waals surface area contributed by atoms with Crippen molar-refractivity contribution in [2.45, 2.75) is 149 Å². The normalized spacial score (nSPS) is 26.9. The largest absolute Gasteiger partial charge is 0.481 e. The van der Waals surface area contributed by atoms with Crippen molar-refractivity contribution in [3.8, 4) is 0 Å². The van der Waals surface area contributed by atoms with Crippen molar-refractivity contribution in [2.24, 2.45) is 39.8 Å². The Balaban J connectivity index is 1.63. The van der Waals surface area contributed by atoms with Crippen LogP contribution in [0.3, 0.4) is 0 Å². The van der Waals surface area contributed by atoms with Crippen molar-refractivity contribution in [1.29, 1.82) is 0 Å². The lowest BCUT2D eigenvalue weighted by atomic mass is 9.43. The molecule has 6 atom stereocenters. The number of rotatable bonds is 20. The van der Waals surface area contributed by atoms with E-state index in [1.165, 1.54) is 25.7 Å². The van der Waals surface area contributed by atoms with E-state index in [9.17, 15) is 19.7 Å². The molecule has 0 unspecified atom stereocenters. The van der Waals surface area contributed by atoms with Gasteiger partial charge in [-0.05, 0) is 68.6 Å². The van der Waals surface area contributed by atoms with Gasteiger partial charge >= 0.3 is 7.12 Å². The van der Waals surface area contributed by atoms with Gasteiger partial charge in [0.05, 0.1) is 17.6 Å². The fourth-order valence-corrected chi connectivity index (χ4v) is 7.77. The molecule has 2 bridgehead atoms. The molecular weight excluding hydrogens is 561 g/mol. The topological polar surface area (TPSA) is 158 Å². The first-order chi connectivity index (χ1) is 20.8. The number of nitro groups is 1. The summed E-state index contributed by atoms with van der Waals surface area (Å²) in [7, 11) is -0.534. The summed E-state index contributed by atoms with van der Waals surface area (Å²) in [6.45, 7) is 13.5. The van der Waals surface area contributed by atoms with Gasteiger partial charge in [-0.15, -0.1) is 0 Å². The lowest BCUT2D eigenvalue weighted by Crippen LogP contribution is -2.65. The number of hydrazine groups is 1. The molecule has 0 aromatic heterocycles. The number of amides is 1. The van der Waals surface area contributed by atoms with Crippen molar-refractivity contribution in [1.82, 2.24) is 10.7 Å². The van der Waals surface area contributed by atoms with Crippen molar-refractivity contribution in [3.63, 3.8) is 0 Å². The Kier molecular flexibility index (Phi) is 13.5. The SMILES string of the molecule is CCCCCCCCCC(=O)C[C@@H](CCCN=C(N)N[N+](=O)[O-])C(=O)N[C@@H](CC(C)C)B1O[C@@H]2C[C@H]3C[C@H](C3(C)C)[C@]2(C)O1. The first-order valence-corrected chi connectivity index (χ1v) is 17.1. The maximum atomic E-state index is 13.8. The molecule has 3 saturated carbocycles. The summed E-state index contributed by atoms with van der Waals surface area (Å²) in [5.41, 5.74) is 7.23. The van der Waals surface area contributed by atoms with E-state index in [-0.39, 0.29) is 53.7 Å². The van der Waals surface area contributed by atoms with Gasteiger partial charge in [-0.25, -0.2) is 15.1 Å². The maximum Gasteiger partial charge on any atom is 0.481 e. The predicted molar refractivity (Wildman–Crippen MR) is 173 cm³/mol. The first-order valence-electron chi connectivity index (χ1n) is 17.1. The minimum Gasteiger partial charge on any atom is -0.404 e. The van der Waals surface area contributed by atoms with E-state index in [2.05, 4.69) is 51.9 Å². The fourth-order valence-electron chi connectivity index (χ4n) is 7.77. The Morgan fingerprint density at radius 3 is 2.41 bits per heavy atom. The molecule has 0 spiro atoms. The zero-order valence-corrected chi connectivity index (χ0v) is 28.1. The third kappa shape index (κ3) is 9.65. The van der Waals surface area contributed by atoms with Gasteiger partial charge in [0, 0.05) is 25.3 Å². The molecule has 4 fully saturated rings. The number of aliphatic imine (C=N–C) groups is 1. The minimum atomic E-state index is -0.763. The fraction of sp³-hybridized carbons (Fsp3) is 0.906. The Bertz CT molecular complexity index is 1010. The standard InChI is InChI=1S/C32H58BN5O6/c1-7-8-9-10-11-12-13-16-25(39)19-23(15-14-17-35-30(34)37-38(41)42)29(40)36-28(18-22(2)3)33-43-27-21-24-20-26(31(24,4)5)32(27,6)44-33/h22-24,26-28H,7-21H2,1-6H3,(H,36,40)(H3,34,35,37)/t23-,24-,26-,27-,28+,32+/m1/s1. The van der Waals surface area contributed by atoms with E-state index in [1.54, 1.807) is 0 Å². The maximum absolute atomic E-state index is 13.8. The summed E-state index contributed by atoms with van der Waals surface area (Å²) in [4.78, 5) is 41.4. The van der Waals surface area contributed by atoms with E-state index in [4.69, 9.17) is 15.0 Å². The second kappa shape index (κ2) is 16.4. The highest BCUT2D eigenvalue weighted by Crippen LogP contribution is 2.65. The molecule has 1 amide bonds. The highest BCUT2D eigenvalue weighted by atomic mass is 16.7. The van der Waals surface area contributed by atoms with E-state index in [1.807, 2.05) is 5.43 Å². The summed E-state index contributed by atoms with van der Waals surface area (Å²) in [5, 5.41) is 13.1. The number of hydrogen-bond acceptors (Lipinski definition) is 7. The van der Waals surface area contributed by atoms with Crippen LogP contribution in [0.1, 0.15) is 131 Å². The smallest absolute Gasteiger partial charge is 0.404 e. The van der Waals surface area contributed by atoms with E-state index in [0.717, 1.165) is 32.1 Å². The number of nitrogens with one attached hydrogen (secondary N) is 2. The number of guanidine groups is 1. The zero-order valence-electron chi connectivity index (χ0n) is 28.1. The van der Waals surface area contributed by atoms with Crippen LogP contribution in [-0.2, 0) is 18.9 Å². The Morgan fingerprint density at radius 2 is 1.77 bits per heavy atom. The van der Waals surface area contributed by atoms with Crippen LogP contribution in [0.2, 0.25) is 0 Å². The number of unbranched alkanes of at least 4 members (excludes halogenated alkanes) is 6. The van der Waals surface area contributed by atoms with Gasteiger partial charge in [-0.1, -0.05) is 78.6 Å². The molecule has 44 heavy (non-hydrogen) atoms. The van der Waals surface area contributed by atoms with Crippen molar-refractivity contribution < 1.29 is 23.9 Å². The Labute approximate surface area is 264 Å². The summed E-state index contributed by atoms with van der Waals surface area (Å²) >= 11 is 0. The number of carbonyl (C=O) groups is 2. The molecule has 12 heteroatoms. The van der Waals surface area contributed by atoms with E-state index < -0.39 is 18.1 Å². The minimum absolute atomic E-state index is 0.0197. The van der Waals surface area contributed by atoms with Crippen molar-refractivity contribution in [2.75, 3.05) is 6.54 Å². The lowest BCUT2D eigenvalue weighted by Gasteiger charge is -2.64. The molecule has 11 nitrogen and oxygen atoms in total. The van der Waals surface area contributed by atoms with Gasteiger partial charge in [-0.2, -0.15) is 0 Å². The number of ketones is 1. The predicted octanol–water partition coefficient (Wildman–Crippen LogP) is 5.38. The molecule has 0 radical (unpaired) electrons. The van der Waals surface area contributed by atoms with Crippen LogP contribution < -0.4 is 16.5 Å². The lowest BCUT2D eigenvalue weighted by molar-refractivity contribution is -0.525. The Morgan fingerprint density at radius 1 is 1.09 bits per heavy atom. The van der Waals surface area contributed by atoms with Crippen LogP contribution in [0.25, 0.3) is 0 Å². The molecule has 1 heterocycles. The summed E-state index contributed by atoms with van der Waals surface area (Å²) in [6.07, 6.45) is 12.3. The summed E-state index contributed by atoms with van der Waals surface area (Å²) < 4.78 is 13.3. The van der Waals surface area contributed by atoms with Crippen LogP contribution in [0.4, 0.5) is 0 Å². The highest BCUT2D eigenvalue weighted by molar-refractivity contribution is 6.47. The molecule has 4 aliphatic rings. The third-order valence-electron chi connectivity index (χ3n) is 10.5. The Hall–Kier alpha value is -2.21. The van der Waals surface area contributed by atoms with Gasteiger partial charge in [-0.3, -0.25) is 9.59 Å². The van der Waals surface area contributed by atoms with Crippen LogP contribution in [0.5, 0.6) is 0 Å². The van der Waals surface area contributed by atoms with Crippen LogP contribution >= 0.6 is 0 Å². The van der Waals surface area contributed by atoms with Crippen molar-refractivity contribution in [3.05, 3.63) is 10.1 Å². The third-order valence-corrected chi connectivity index (χ3v) is 10.5. The molecule has 250 valence electrons. The number of hydrogen-bond donors (Lipinski definition) is 3. The van der Waals surface area contributed by atoms with Gasteiger partial charge < -0.3 is 20.4 Å². The first kappa shape index (κ1) is 36.3. The van der Waals surface area contributed by atoms with E-state index in [0.29, 0.717) is 43.4 Å². The summed E-state index contributed by atoms with van der Waals surface area (Å²) in [6, 6.07) is 0. The average molecular weight is 620 g/mol. The second-order valence-corrected chi connectivity index (χ2v) is 14.7. The molecule has 1 saturated heterocycles. The highest BCUT2D eigenvalue weighted by Gasteiger charge is 2.68. The molecule has 4 rings (SSSR count). The monoisotopic (exact) mass is 619 g/mol. The van der Waals surface area contributed by atoms with Gasteiger partial charge in [0.2, 0.25) is 5.91 Å². The molecule has 0 aromatic carbocycles. The average Bonchev–Trinajstić information content (AvgIpc) is 3.30. The molecule has 3 aliphatic carbocycles. The van der Waals surface area contributed by atoms with Crippen molar-refractivity contribution >= 4 is 24.8 Å². The van der Waals surface area contributed by atoms with Crippen LogP contribution in [0, 0.1) is 39.2 Å². The van der Waals surface area contributed by atoms with Gasteiger partial charge in [0.1, 0.15) is 5.78 Å². The molecule has 1 aliphatic heterocycles. The van der Waals surface area contributed by atoms with Gasteiger partial charge in [0.25, 0.3) is 5.96 Å². The number of nitrogens with two attached hydrogens (primary N) is 1. The molecule has 4 N–H and O–H groups in total. The van der Waals surface area contributed by atoms with E-state index >= 15 is 0 Å². The molecule has 0 aromatic rings. The van der Waals surface area contributed by atoms with Crippen LogP contribution in [0.15, 0.2) is 4.99 Å². The second-order valence-electron chi connectivity index (χ2n) is 14.7. The zero-order chi connectivity index (χ0) is 32.5. The quantitative estimate of drug-likeness (QED) is 0.0409. The molecular formula is C32H58BN5O6. The number of Topliss-reactive ketones (excluding diaryl/α,β-unsaturated/α-hetero) is 1. The summed E-state index contributed by atoms with van der Waals surface area (Å²) in [5.74, 6) is 0.124. The van der Waals surface area contributed by atoms with Crippen LogP contribution in [-0.4, -0.2) is 54.0 Å². The van der Waals surface area contributed by atoms with Gasteiger partial charge in [0.15, 0.2) is 5.03 Å².